The van der Waals surface area contributed by atoms with Crippen molar-refractivity contribution in [1.82, 2.24) is 9.55 Å². The number of rotatable bonds is 1. The molecule has 0 saturated heterocycles. The molecule has 0 bridgehead atoms. The molecule has 0 fully saturated rings. The van der Waals surface area contributed by atoms with Crippen molar-refractivity contribution in [2.75, 3.05) is 0 Å². The molecule has 0 aliphatic carbocycles. The Hall–Kier alpha value is -2.08. The molecule has 1 aromatic heterocycles. The largest absolute Gasteiger partial charge is 0.333 e. The minimum Gasteiger partial charge on any atom is -0.333 e. The molecule has 0 aliphatic rings. The summed E-state index contributed by atoms with van der Waals surface area (Å²) in [6.07, 6.45) is 1.75. The lowest BCUT2D eigenvalue weighted by Crippen LogP contribution is -1.94. The quantitative estimate of drug-likeness (QED) is 0.727. The van der Waals surface area contributed by atoms with E-state index in [1.807, 2.05) is 11.6 Å². The normalized spacial score (nSPS) is 10.1. The van der Waals surface area contributed by atoms with Crippen LogP contribution in [0, 0.1) is 25.2 Å². The average Bonchev–Trinajstić information content (AvgIpc) is 2.63. The second-order valence-corrected chi connectivity index (χ2v) is 3.99. The zero-order chi connectivity index (χ0) is 11.7. The van der Waals surface area contributed by atoms with Crippen LogP contribution in [-0.4, -0.2) is 9.55 Å². The molecule has 3 nitrogen and oxygen atoms in total. The van der Waals surface area contributed by atoms with Gasteiger partial charge in [0, 0.05) is 18.8 Å². The molecular weight excluding hydrogens is 198 g/mol. The summed E-state index contributed by atoms with van der Waals surface area (Å²) >= 11 is 0. The van der Waals surface area contributed by atoms with Gasteiger partial charge in [0.15, 0.2) is 5.69 Å². The van der Waals surface area contributed by atoms with E-state index in [0.29, 0.717) is 5.69 Å². The standard InChI is InChI=1S/C13H13N3/c1-9-4-5-10(2)12(6-9)13-15-11(7-14)8-16(13)3/h4-6,8H,1-3H3. The summed E-state index contributed by atoms with van der Waals surface area (Å²) in [7, 11) is 1.91. The molecule has 0 unspecified atom stereocenters. The van der Waals surface area contributed by atoms with Crippen molar-refractivity contribution in [1.29, 1.82) is 5.26 Å². The van der Waals surface area contributed by atoms with Crippen LogP contribution >= 0.6 is 0 Å². The number of benzene rings is 1. The van der Waals surface area contributed by atoms with Crippen molar-refractivity contribution in [2.45, 2.75) is 13.8 Å². The summed E-state index contributed by atoms with van der Waals surface area (Å²) in [4.78, 5) is 4.30. The highest BCUT2D eigenvalue weighted by Crippen LogP contribution is 2.23. The van der Waals surface area contributed by atoms with Crippen molar-refractivity contribution in [3.05, 3.63) is 41.2 Å². The number of nitrogens with zero attached hydrogens (tertiary/aromatic N) is 3. The van der Waals surface area contributed by atoms with Gasteiger partial charge in [-0.2, -0.15) is 5.26 Å². The molecule has 0 saturated carbocycles. The highest BCUT2D eigenvalue weighted by molar-refractivity contribution is 5.62. The van der Waals surface area contributed by atoms with Crippen LogP contribution in [0.4, 0.5) is 0 Å². The van der Waals surface area contributed by atoms with Crippen molar-refractivity contribution >= 4 is 0 Å². The monoisotopic (exact) mass is 211 g/mol. The highest BCUT2D eigenvalue weighted by atomic mass is 15.0. The Kier molecular flexibility index (Phi) is 2.49. The first-order valence-corrected chi connectivity index (χ1v) is 5.13. The topological polar surface area (TPSA) is 41.6 Å². The van der Waals surface area contributed by atoms with Crippen molar-refractivity contribution < 1.29 is 0 Å². The average molecular weight is 211 g/mol. The number of aromatic nitrogens is 2. The van der Waals surface area contributed by atoms with Crippen molar-refractivity contribution in [2.24, 2.45) is 7.05 Å². The SMILES string of the molecule is Cc1ccc(C)c(-c2nc(C#N)cn2C)c1. The van der Waals surface area contributed by atoms with Crippen LogP contribution in [0.5, 0.6) is 0 Å². The Bertz CT molecular complexity index is 573. The maximum atomic E-state index is 8.82. The van der Waals surface area contributed by atoms with E-state index < -0.39 is 0 Å². The third-order valence-electron chi connectivity index (χ3n) is 2.62. The Morgan fingerprint density at radius 3 is 2.69 bits per heavy atom. The third kappa shape index (κ3) is 1.70. The number of hydrogen-bond acceptors (Lipinski definition) is 2. The van der Waals surface area contributed by atoms with Gasteiger partial charge in [-0.05, 0) is 25.5 Å². The molecule has 0 spiro atoms. The van der Waals surface area contributed by atoms with Gasteiger partial charge in [-0.1, -0.05) is 17.7 Å². The molecule has 16 heavy (non-hydrogen) atoms. The fourth-order valence-corrected chi connectivity index (χ4v) is 1.75. The van der Waals surface area contributed by atoms with Crippen LogP contribution in [0.15, 0.2) is 24.4 Å². The molecule has 80 valence electrons. The summed E-state index contributed by atoms with van der Waals surface area (Å²) < 4.78 is 1.89. The number of aryl methyl sites for hydroxylation is 3. The van der Waals surface area contributed by atoms with Gasteiger partial charge >= 0.3 is 0 Å². The Balaban J connectivity index is 2.63. The second-order valence-electron chi connectivity index (χ2n) is 3.99. The lowest BCUT2D eigenvalue weighted by atomic mass is 10.1. The molecule has 0 amide bonds. The van der Waals surface area contributed by atoms with Crippen molar-refractivity contribution in [3.63, 3.8) is 0 Å². The summed E-state index contributed by atoms with van der Waals surface area (Å²) in [6.45, 7) is 4.10. The predicted molar refractivity (Wildman–Crippen MR) is 62.8 cm³/mol. The molecule has 2 aromatic rings. The third-order valence-corrected chi connectivity index (χ3v) is 2.62. The fourth-order valence-electron chi connectivity index (χ4n) is 1.75. The van der Waals surface area contributed by atoms with E-state index in [0.717, 1.165) is 11.4 Å². The molecule has 3 heteroatoms. The van der Waals surface area contributed by atoms with Gasteiger partial charge in [0.05, 0.1) is 0 Å². The first-order chi connectivity index (χ1) is 7.61. The molecule has 0 radical (unpaired) electrons. The second kappa shape index (κ2) is 3.82. The maximum absolute atomic E-state index is 8.82. The fraction of sp³-hybridized carbons (Fsp3) is 0.231. The Labute approximate surface area is 95.0 Å². The zero-order valence-electron chi connectivity index (χ0n) is 9.65. The minimum absolute atomic E-state index is 0.457. The van der Waals surface area contributed by atoms with E-state index in [1.54, 1.807) is 6.20 Å². The predicted octanol–water partition coefficient (Wildman–Crippen LogP) is 2.58. The zero-order valence-corrected chi connectivity index (χ0v) is 9.65. The first-order valence-electron chi connectivity index (χ1n) is 5.13. The van der Waals surface area contributed by atoms with Gasteiger partial charge in [0.25, 0.3) is 0 Å². The summed E-state index contributed by atoms with van der Waals surface area (Å²) in [5.74, 6) is 0.845. The number of imidazole rings is 1. The van der Waals surface area contributed by atoms with E-state index in [9.17, 15) is 0 Å². The minimum atomic E-state index is 0.457. The molecule has 1 aromatic carbocycles. The maximum Gasteiger partial charge on any atom is 0.159 e. The van der Waals surface area contributed by atoms with Crippen LogP contribution in [0.2, 0.25) is 0 Å². The number of nitriles is 1. The summed E-state index contributed by atoms with van der Waals surface area (Å²) in [5.41, 5.74) is 3.91. The van der Waals surface area contributed by atoms with E-state index in [1.165, 1.54) is 11.1 Å². The lowest BCUT2D eigenvalue weighted by Gasteiger charge is -2.06. The summed E-state index contributed by atoms with van der Waals surface area (Å²) in [6, 6.07) is 8.31. The van der Waals surface area contributed by atoms with Gasteiger partial charge in [0.2, 0.25) is 0 Å². The molecular formula is C13H13N3. The highest BCUT2D eigenvalue weighted by Gasteiger charge is 2.09. The van der Waals surface area contributed by atoms with Crippen LogP contribution in [0.3, 0.4) is 0 Å². The Morgan fingerprint density at radius 2 is 2.06 bits per heavy atom. The van der Waals surface area contributed by atoms with Gasteiger partial charge in [-0.3, -0.25) is 0 Å². The first kappa shape index (κ1) is 10.4. The van der Waals surface area contributed by atoms with Gasteiger partial charge in [-0.15, -0.1) is 0 Å². The molecule has 2 rings (SSSR count). The van der Waals surface area contributed by atoms with Crippen LogP contribution < -0.4 is 0 Å². The van der Waals surface area contributed by atoms with Gasteiger partial charge in [0.1, 0.15) is 11.9 Å². The smallest absolute Gasteiger partial charge is 0.159 e. The van der Waals surface area contributed by atoms with E-state index >= 15 is 0 Å². The summed E-state index contributed by atoms with van der Waals surface area (Å²) in [5, 5.41) is 8.82. The van der Waals surface area contributed by atoms with Gasteiger partial charge < -0.3 is 4.57 Å². The molecule has 0 aliphatic heterocycles. The van der Waals surface area contributed by atoms with Crippen LogP contribution in [0.1, 0.15) is 16.8 Å². The van der Waals surface area contributed by atoms with Crippen LogP contribution in [0.25, 0.3) is 11.4 Å². The number of hydrogen-bond donors (Lipinski definition) is 0. The Morgan fingerprint density at radius 1 is 1.31 bits per heavy atom. The molecule has 1 heterocycles. The molecule has 0 atom stereocenters. The molecule has 0 N–H and O–H groups in total. The van der Waals surface area contributed by atoms with Crippen LogP contribution in [-0.2, 0) is 7.05 Å². The van der Waals surface area contributed by atoms with Crippen molar-refractivity contribution in [3.8, 4) is 17.5 Å². The lowest BCUT2D eigenvalue weighted by molar-refractivity contribution is 0.923. The van der Waals surface area contributed by atoms with E-state index in [4.69, 9.17) is 5.26 Å². The van der Waals surface area contributed by atoms with E-state index in [2.05, 4.69) is 43.1 Å². The van der Waals surface area contributed by atoms with Gasteiger partial charge in [-0.25, -0.2) is 4.98 Å². The van der Waals surface area contributed by atoms with E-state index in [-0.39, 0.29) is 0 Å².